The Bertz CT molecular complexity index is 838. The third-order valence-electron chi connectivity index (χ3n) is 2.89. The summed E-state index contributed by atoms with van der Waals surface area (Å²) in [5.41, 5.74) is -0.495. The summed E-state index contributed by atoms with van der Waals surface area (Å²) in [6.45, 7) is 0. The zero-order valence-electron chi connectivity index (χ0n) is 10.7. The lowest BCUT2D eigenvalue weighted by Crippen LogP contribution is -2.12. The van der Waals surface area contributed by atoms with Gasteiger partial charge in [0.2, 0.25) is 0 Å². The lowest BCUT2D eigenvalue weighted by Gasteiger charge is -2.03. The maximum atomic E-state index is 12.8. The molecule has 0 aliphatic carbocycles. The maximum absolute atomic E-state index is 12.8. The number of imidazole rings is 1. The predicted octanol–water partition coefficient (Wildman–Crippen LogP) is 4.32. The summed E-state index contributed by atoms with van der Waals surface area (Å²) in [6, 6.07) is 6.12. The van der Waals surface area contributed by atoms with E-state index in [1.54, 1.807) is 12.1 Å². The summed E-state index contributed by atoms with van der Waals surface area (Å²) < 4.78 is 39.3. The zero-order valence-corrected chi connectivity index (χ0v) is 12.3. The van der Waals surface area contributed by atoms with Gasteiger partial charge in [0.25, 0.3) is 5.91 Å². The minimum atomic E-state index is -4.48. The molecule has 0 atom stereocenters. The van der Waals surface area contributed by atoms with Crippen molar-refractivity contribution in [2.45, 2.75) is 6.18 Å². The van der Waals surface area contributed by atoms with E-state index in [9.17, 15) is 18.0 Å². The van der Waals surface area contributed by atoms with Crippen molar-refractivity contribution in [3.05, 3.63) is 52.3 Å². The third-order valence-corrected chi connectivity index (χ3v) is 4.10. The second-order valence-electron chi connectivity index (χ2n) is 4.35. The molecule has 4 nitrogen and oxygen atoms in total. The molecule has 0 fully saturated rings. The highest BCUT2D eigenvalue weighted by atomic mass is 35.5. The fourth-order valence-electron chi connectivity index (χ4n) is 1.86. The number of amides is 1. The van der Waals surface area contributed by atoms with Gasteiger partial charge in [0.1, 0.15) is 16.9 Å². The summed E-state index contributed by atoms with van der Waals surface area (Å²) in [5.74, 6) is -0.389. The molecule has 1 aromatic carbocycles. The van der Waals surface area contributed by atoms with Crippen molar-refractivity contribution in [3.63, 3.8) is 0 Å². The first-order valence-electron chi connectivity index (χ1n) is 5.95. The van der Waals surface area contributed by atoms with Crippen LogP contribution in [-0.2, 0) is 6.18 Å². The van der Waals surface area contributed by atoms with Gasteiger partial charge in [0.15, 0.2) is 5.82 Å². The first-order chi connectivity index (χ1) is 10.4. The molecule has 3 aromatic rings. The monoisotopic (exact) mass is 345 g/mol. The SMILES string of the molecule is O=C(Nc1ncn2c(C(F)(F)F)csc12)c1ccc(Cl)cc1. The van der Waals surface area contributed by atoms with Gasteiger partial charge in [-0.25, -0.2) is 4.98 Å². The molecule has 0 aliphatic heterocycles. The molecule has 0 spiro atoms. The highest BCUT2D eigenvalue weighted by Crippen LogP contribution is 2.35. The van der Waals surface area contributed by atoms with Crippen LogP contribution in [0, 0.1) is 0 Å². The van der Waals surface area contributed by atoms with E-state index < -0.39 is 17.8 Å². The first-order valence-corrected chi connectivity index (χ1v) is 7.20. The number of fused-ring (bicyclic) bond motifs is 1. The molecule has 22 heavy (non-hydrogen) atoms. The standard InChI is InChI=1S/C13H7ClF3N3OS/c14-8-3-1-7(2-4-8)11(21)19-10-12-20(6-18-10)9(5-22-12)13(15,16)17/h1-6H,(H,19,21). The van der Waals surface area contributed by atoms with Gasteiger partial charge in [-0.2, -0.15) is 13.2 Å². The average molecular weight is 346 g/mol. The van der Waals surface area contributed by atoms with Crippen molar-refractivity contribution >= 4 is 39.5 Å². The molecule has 1 N–H and O–H groups in total. The minimum Gasteiger partial charge on any atom is -0.304 e. The number of rotatable bonds is 2. The van der Waals surface area contributed by atoms with E-state index in [0.29, 0.717) is 10.6 Å². The maximum Gasteiger partial charge on any atom is 0.432 e. The van der Waals surface area contributed by atoms with E-state index in [2.05, 4.69) is 10.3 Å². The molecule has 0 saturated carbocycles. The molecule has 0 unspecified atom stereocenters. The van der Waals surface area contributed by atoms with E-state index in [1.807, 2.05) is 0 Å². The largest absolute Gasteiger partial charge is 0.432 e. The van der Waals surface area contributed by atoms with Gasteiger partial charge in [-0.05, 0) is 24.3 Å². The predicted molar refractivity (Wildman–Crippen MR) is 77.5 cm³/mol. The zero-order chi connectivity index (χ0) is 15.9. The first kappa shape index (κ1) is 14.9. The quantitative estimate of drug-likeness (QED) is 0.752. The summed E-state index contributed by atoms with van der Waals surface area (Å²) >= 11 is 6.59. The Balaban J connectivity index is 1.90. The number of hydrogen-bond acceptors (Lipinski definition) is 3. The lowest BCUT2D eigenvalue weighted by atomic mass is 10.2. The summed E-state index contributed by atoms with van der Waals surface area (Å²) in [4.78, 5) is 16.1. The van der Waals surface area contributed by atoms with Crippen molar-refractivity contribution in [1.29, 1.82) is 0 Å². The topological polar surface area (TPSA) is 46.4 Å². The van der Waals surface area contributed by atoms with Crippen LogP contribution in [0.2, 0.25) is 5.02 Å². The molecule has 0 aliphatic rings. The molecule has 0 radical (unpaired) electrons. The van der Waals surface area contributed by atoms with Gasteiger partial charge in [-0.1, -0.05) is 11.6 Å². The normalized spacial score (nSPS) is 11.8. The minimum absolute atomic E-state index is 0.0837. The van der Waals surface area contributed by atoms with Crippen LogP contribution in [0.15, 0.2) is 36.0 Å². The highest BCUT2D eigenvalue weighted by Gasteiger charge is 2.35. The number of alkyl halides is 3. The molecule has 9 heteroatoms. The van der Waals surface area contributed by atoms with Gasteiger partial charge in [0, 0.05) is 16.0 Å². The van der Waals surface area contributed by atoms with Crippen molar-refractivity contribution in [3.8, 4) is 0 Å². The summed E-state index contributed by atoms with van der Waals surface area (Å²) in [6.07, 6.45) is -3.44. The van der Waals surface area contributed by atoms with Gasteiger partial charge >= 0.3 is 6.18 Å². The van der Waals surface area contributed by atoms with Crippen molar-refractivity contribution < 1.29 is 18.0 Å². The van der Waals surface area contributed by atoms with Crippen LogP contribution in [0.5, 0.6) is 0 Å². The van der Waals surface area contributed by atoms with Gasteiger partial charge in [-0.3, -0.25) is 9.20 Å². The van der Waals surface area contributed by atoms with Crippen molar-refractivity contribution in [2.75, 3.05) is 5.32 Å². The molecular weight excluding hydrogens is 339 g/mol. The van der Waals surface area contributed by atoms with Crippen molar-refractivity contribution in [1.82, 2.24) is 9.38 Å². The molecule has 2 heterocycles. The number of benzene rings is 1. The van der Waals surface area contributed by atoms with Crippen LogP contribution >= 0.6 is 22.9 Å². The average Bonchev–Trinajstić information content (AvgIpc) is 3.01. The molecule has 0 saturated heterocycles. The van der Waals surface area contributed by atoms with E-state index in [1.165, 1.54) is 12.1 Å². The molecule has 2 aromatic heterocycles. The smallest absolute Gasteiger partial charge is 0.304 e. The molecule has 1 amide bonds. The number of carbonyl (C=O) groups excluding carboxylic acids is 1. The Kier molecular flexibility index (Phi) is 3.57. The van der Waals surface area contributed by atoms with E-state index in [-0.39, 0.29) is 10.6 Å². The second kappa shape index (κ2) is 5.29. The van der Waals surface area contributed by atoms with Crippen LogP contribution < -0.4 is 5.32 Å². The molecule has 0 bridgehead atoms. The Morgan fingerprint density at radius 3 is 2.59 bits per heavy atom. The number of nitrogens with one attached hydrogen (secondary N) is 1. The lowest BCUT2D eigenvalue weighted by molar-refractivity contribution is -0.141. The van der Waals surface area contributed by atoms with Crippen LogP contribution in [0.3, 0.4) is 0 Å². The Labute approximate surface area is 131 Å². The van der Waals surface area contributed by atoms with Crippen LogP contribution in [0.4, 0.5) is 19.0 Å². The van der Waals surface area contributed by atoms with Gasteiger partial charge in [-0.15, -0.1) is 11.3 Å². The number of hydrogen-bond donors (Lipinski definition) is 1. The molecule has 114 valence electrons. The number of halogens is 4. The Morgan fingerprint density at radius 2 is 1.95 bits per heavy atom. The van der Waals surface area contributed by atoms with E-state index in [4.69, 9.17) is 11.6 Å². The summed E-state index contributed by atoms with van der Waals surface area (Å²) in [7, 11) is 0. The van der Waals surface area contributed by atoms with E-state index in [0.717, 1.165) is 27.4 Å². The number of nitrogens with zero attached hydrogens (tertiary/aromatic N) is 2. The molecule has 3 rings (SSSR count). The van der Waals surface area contributed by atoms with Gasteiger partial charge in [0.05, 0.1) is 0 Å². The van der Waals surface area contributed by atoms with Crippen LogP contribution in [0.25, 0.3) is 4.83 Å². The second-order valence-corrected chi connectivity index (χ2v) is 5.64. The number of anilines is 1. The Hall–Kier alpha value is -2.06. The van der Waals surface area contributed by atoms with Crippen LogP contribution in [0.1, 0.15) is 16.1 Å². The highest BCUT2D eigenvalue weighted by molar-refractivity contribution is 7.16. The fourth-order valence-corrected chi connectivity index (χ4v) is 2.93. The van der Waals surface area contributed by atoms with E-state index >= 15 is 0 Å². The van der Waals surface area contributed by atoms with Gasteiger partial charge < -0.3 is 5.32 Å². The van der Waals surface area contributed by atoms with Crippen molar-refractivity contribution in [2.24, 2.45) is 0 Å². The number of carbonyl (C=O) groups is 1. The number of thiazole rings is 1. The molecular formula is C13H7ClF3N3OS. The Morgan fingerprint density at radius 1 is 1.27 bits per heavy atom. The number of aromatic nitrogens is 2. The fraction of sp³-hybridized carbons (Fsp3) is 0.0769. The third kappa shape index (κ3) is 2.67. The van der Waals surface area contributed by atoms with Crippen LogP contribution in [-0.4, -0.2) is 15.3 Å². The summed E-state index contributed by atoms with van der Waals surface area (Å²) in [5, 5.41) is 3.96.